The lowest BCUT2D eigenvalue weighted by Crippen LogP contribution is -2.32. The number of carbonyl (C=O) groups excluding carboxylic acids is 1. The van der Waals surface area contributed by atoms with E-state index in [1.165, 1.54) is 0 Å². The fraction of sp³-hybridized carbons (Fsp3) is 0.643. The summed E-state index contributed by atoms with van der Waals surface area (Å²) in [5.74, 6) is -0.840. The van der Waals surface area contributed by atoms with Crippen molar-refractivity contribution in [3.8, 4) is 0 Å². The van der Waals surface area contributed by atoms with Gasteiger partial charge in [0, 0.05) is 17.3 Å². The Morgan fingerprint density at radius 3 is 2.21 bits per heavy atom. The van der Waals surface area contributed by atoms with Gasteiger partial charge in [0.05, 0.1) is 11.6 Å². The largest absolute Gasteiger partial charge is 0.478 e. The zero-order chi connectivity index (χ0) is 14.6. The quantitative estimate of drug-likeness (QED) is 0.600. The van der Waals surface area contributed by atoms with Crippen molar-refractivity contribution in [3.05, 3.63) is 11.8 Å². The number of rotatable bonds is 4. The average molecular weight is 266 g/mol. The van der Waals surface area contributed by atoms with E-state index in [0.29, 0.717) is 5.71 Å². The first kappa shape index (κ1) is 15.4. The highest BCUT2D eigenvalue weighted by Crippen LogP contribution is 2.37. The number of aliphatic carboxylic acids is 1. The van der Waals surface area contributed by atoms with Crippen molar-refractivity contribution in [2.24, 2.45) is 16.1 Å². The van der Waals surface area contributed by atoms with Crippen LogP contribution in [0.1, 0.15) is 46.5 Å². The molecule has 5 heteroatoms. The zero-order valence-electron chi connectivity index (χ0n) is 11.8. The van der Waals surface area contributed by atoms with Crippen molar-refractivity contribution in [1.29, 1.82) is 0 Å². The maximum Gasteiger partial charge on any atom is 0.339 e. The summed E-state index contributed by atoms with van der Waals surface area (Å²) in [6.07, 6.45) is 4.30. The number of Topliss-reactive ketones (excluding diaryl/α,β-unsaturated/α-hetero) is 1. The molecular weight excluding hydrogens is 244 g/mol. The number of nitrogens with two attached hydrogens (primary N) is 1. The molecule has 0 aromatic rings. The molecule has 0 atom stereocenters. The number of hydrogen-bond donors (Lipinski definition) is 2. The Kier molecular flexibility index (Phi) is 4.86. The van der Waals surface area contributed by atoms with Crippen molar-refractivity contribution in [1.82, 2.24) is 0 Å². The fourth-order valence-electron chi connectivity index (χ4n) is 2.41. The number of ketones is 1. The third kappa shape index (κ3) is 3.66. The van der Waals surface area contributed by atoms with Crippen LogP contribution in [0, 0.1) is 5.41 Å². The molecule has 106 valence electrons. The Bertz CT molecular complexity index is 430. The lowest BCUT2D eigenvalue weighted by molar-refractivity contribution is -0.132. The number of aliphatic imine (C=N–C) groups is 1. The summed E-state index contributed by atoms with van der Waals surface area (Å²) in [5, 5.41) is 8.96. The molecule has 1 rings (SSSR count). The fourth-order valence-corrected chi connectivity index (χ4v) is 2.41. The van der Waals surface area contributed by atoms with Gasteiger partial charge in [0.15, 0.2) is 0 Å². The Labute approximate surface area is 113 Å². The van der Waals surface area contributed by atoms with Crippen molar-refractivity contribution in [3.63, 3.8) is 0 Å². The van der Waals surface area contributed by atoms with Gasteiger partial charge in [0.2, 0.25) is 0 Å². The van der Waals surface area contributed by atoms with E-state index < -0.39 is 5.97 Å². The van der Waals surface area contributed by atoms with Crippen LogP contribution in [0.5, 0.6) is 0 Å². The first-order valence-electron chi connectivity index (χ1n) is 6.51. The van der Waals surface area contributed by atoms with Crippen LogP contribution >= 0.6 is 0 Å². The maximum absolute atomic E-state index is 11.6. The first-order chi connectivity index (χ1) is 8.80. The lowest BCUT2D eigenvalue weighted by Gasteiger charge is -2.34. The molecule has 0 heterocycles. The molecule has 0 aromatic heterocycles. The second-order valence-corrected chi connectivity index (χ2v) is 5.45. The Balaban J connectivity index is 2.72. The molecule has 0 spiro atoms. The normalized spacial score (nSPS) is 29.1. The van der Waals surface area contributed by atoms with Gasteiger partial charge in [-0.3, -0.25) is 9.79 Å². The van der Waals surface area contributed by atoms with Crippen molar-refractivity contribution in [2.45, 2.75) is 52.5 Å². The highest BCUT2D eigenvalue weighted by atomic mass is 16.4. The lowest BCUT2D eigenvalue weighted by atomic mass is 9.72. The van der Waals surface area contributed by atoms with Crippen molar-refractivity contribution >= 4 is 17.5 Å². The molecule has 0 amide bonds. The van der Waals surface area contributed by atoms with Crippen LogP contribution in [0.2, 0.25) is 0 Å². The van der Waals surface area contributed by atoms with Gasteiger partial charge in [0.1, 0.15) is 5.78 Å². The van der Waals surface area contributed by atoms with E-state index >= 15 is 0 Å². The maximum atomic E-state index is 11.6. The van der Waals surface area contributed by atoms with Crippen LogP contribution in [-0.4, -0.2) is 28.6 Å². The van der Waals surface area contributed by atoms with Crippen molar-refractivity contribution in [2.75, 3.05) is 0 Å². The highest BCUT2D eigenvalue weighted by molar-refractivity contribution is 6.18. The molecule has 19 heavy (non-hydrogen) atoms. The molecule has 1 fully saturated rings. The van der Waals surface area contributed by atoms with Crippen LogP contribution in [0.4, 0.5) is 0 Å². The van der Waals surface area contributed by atoms with Crippen LogP contribution in [0.3, 0.4) is 0 Å². The van der Waals surface area contributed by atoms with Gasteiger partial charge in [-0.15, -0.1) is 0 Å². The van der Waals surface area contributed by atoms with Crippen LogP contribution < -0.4 is 5.73 Å². The molecule has 1 aliphatic carbocycles. The smallest absolute Gasteiger partial charge is 0.339 e. The van der Waals surface area contributed by atoms with Crippen LogP contribution in [0.15, 0.2) is 16.8 Å². The minimum Gasteiger partial charge on any atom is -0.478 e. The molecule has 0 bridgehead atoms. The highest BCUT2D eigenvalue weighted by Gasteiger charge is 2.34. The molecule has 1 aliphatic rings. The van der Waals surface area contributed by atoms with E-state index in [9.17, 15) is 9.59 Å². The number of carboxylic acid groups (broad SMARTS) is 1. The topological polar surface area (TPSA) is 92.8 Å². The average Bonchev–Trinajstić information content (AvgIpc) is 2.32. The van der Waals surface area contributed by atoms with E-state index in [2.05, 4.69) is 4.99 Å². The van der Waals surface area contributed by atoms with Gasteiger partial charge < -0.3 is 10.8 Å². The number of carboxylic acids is 1. The van der Waals surface area contributed by atoms with Gasteiger partial charge in [-0.25, -0.2) is 4.79 Å². The second-order valence-electron chi connectivity index (χ2n) is 5.45. The molecule has 0 aliphatic heterocycles. The summed E-state index contributed by atoms with van der Waals surface area (Å²) in [4.78, 5) is 26.9. The molecular formula is C14H22N2O3. The van der Waals surface area contributed by atoms with Gasteiger partial charge in [-0.1, -0.05) is 6.92 Å². The van der Waals surface area contributed by atoms with Crippen LogP contribution in [0.25, 0.3) is 0 Å². The number of hydrogen-bond acceptors (Lipinski definition) is 4. The second kappa shape index (κ2) is 5.99. The Morgan fingerprint density at radius 2 is 1.84 bits per heavy atom. The SMILES string of the molecule is CC(=O)C1(C)CCC(N=C(C)C(=CN)C(=O)O)CC1. The molecule has 1 saturated carbocycles. The molecule has 5 nitrogen and oxygen atoms in total. The number of nitrogens with zero attached hydrogens (tertiary/aromatic N) is 1. The number of carbonyl (C=O) groups is 2. The van der Waals surface area contributed by atoms with E-state index in [1.807, 2.05) is 6.92 Å². The van der Waals surface area contributed by atoms with Crippen LogP contribution in [-0.2, 0) is 9.59 Å². The molecule has 0 unspecified atom stereocenters. The molecule has 0 saturated heterocycles. The third-order valence-corrected chi connectivity index (χ3v) is 4.07. The van der Waals surface area contributed by atoms with E-state index in [0.717, 1.165) is 31.9 Å². The van der Waals surface area contributed by atoms with Gasteiger partial charge in [0.25, 0.3) is 0 Å². The van der Waals surface area contributed by atoms with E-state index in [4.69, 9.17) is 10.8 Å². The standard InChI is InChI=1S/C14H22N2O3/c1-9(12(8-15)13(18)19)16-11-4-6-14(3,7-5-11)10(2)17/h8,11H,4-7,15H2,1-3H3,(H,18,19). The summed E-state index contributed by atoms with van der Waals surface area (Å²) in [5.41, 5.74) is 5.55. The van der Waals surface area contributed by atoms with Crippen molar-refractivity contribution < 1.29 is 14.7 Å². The first-order valence-corrected chi connectivity index (χ1v) is 6.51. The monoisotopic (exact) mass is 266 g/mol. The zero-order valence-corrected chi connectivity index (χ0v) is 11.8. The minimum atomic E-state index is -1.06. The predicted octanol–water partition coefficient (Wildman–Crippen LogP) is 1.91. The summed E-state index contributed by atoms with van der Waals surface area (Å²) in [6.45, 7) is 5.28. The summed E-state index contributed by atoms with van der Waals surface area (Å²) < 4.78 is 0. The van der Waals surface area contributed by atoms with E-state index in [1.54, 1.807) is 13.8 Å². The minimum absolute atomic E-state index is 0.0416. The summed E-state index contributed by atoms with van der Waals surface area (Å²) in [7, 11) is 0. The van der Waals surface area contributed by atoms with Gasteiger partial charge in [-0.05, 0) is 39.5 Å². The molecule has 3 N–H and O–H groups in total. The Morgan fingerprint density at radius 1 is 1.32 bits per heavy atom. The Hall–Kier alpha value is -1.65. The van der Waals surface area contributed by atoms with E-state index in [-0.39, 0.29) is 22.8 Å². The molecule has 0 aromatic carbocycles. The predicted molar refractivity (Wildman–Crippen MR) is 74.1 cm³/mol. The third-order valence-electron chi connectivity index (χ3n) is 4.07. The van der Waals surface area contributed by atoms with Gasteiger partial charge >= 0.3 is 5.97 Å². The summed E-state index contributed by atoms with van der Waals surface area (Å²) >= 11 is 0. The summed E-state index contributed by atoms with van der Waals surface area (Å²) in [6, 6.07) is 0.0849. The molecule has 0 radical (unpaired) electrons. The van der Waals surface area contributed by atoms with Gasteiger partial charge in [-0.2, -0.15) is 0 Å².